The largest absolute Gasteiger partial charge is 0.233 e. The van der Waals surface area contributed by atoms with Crippen LogP contribution in [0.2, 0.25) is 0 Å². The number of hydrogen-bond donors (Lipinski definition) is 0. The van der Waals surface area contributed by atoms with E-state index in [0.29, 0.717) is 69.0 Å². The monoisotopic (exact) mass is 1690 g/mol. The fourth-order valence-corrected chi connectivity index (χ4v) is 18.3. The smallest absolute Gasteiger partial charge is 0.165 e. The van der Waals surface area contributed by atoms with Crippen molar-refractivity contribution in [2.45, 2.75) is 0 Å². The Morgan fingerprint density at radius 1 is 0.136 bits per heavy atom. The van der Waals surface area contributed by atoms with Gasteiger partial charge in [-0.3, -0.25) is 0 Å². The lowest BCUT2D eigenvalue weighted by Gasteiger charge is -2.15. The topological polar surface area (TPSA) is 232 Å². The summed E-state index contributed by atoms with van der Waals surface area (Å²) in [6.45, 7) is 0. The third-order valence-electron chi connectivity index (χ3n) is 24.7. The van der Waals surface area contributed by atoms with E-state index in [1.54, 1.807) is 0 Å². The third kappa shape index (κ3) is 14.1. The highest BCUT2D eigenvalue weighted by Crippen LogP contribution is 2.43. The molecule has 0 bridgehead atoms. The van der Waals surface area contributed by atoms with Crippen LogP contribution in [0.4, 0.5) is 0 Å². The lowest BCUT2D eigenvalue weighted by molar-refractivity contribution is 1.02. The van der Waals surface area contributed by atoms with Crippen molar-refractivity contribution in [1.82, 2.24) is 90.4 Å². The Bertz CT molecular complexity index is 8920. The van der Waals surface area contributed by atoms with Crippen molar-refractivity contribution < 1.29 is 0 Å². The molecule has 6 aromatic heterocycles. The first-order chi connectivity index (χ1) is 65.3. The molecule has 0 saturated heterocycles. The zero-order chi connectivity index (χ0) is 87.1. The van der Waals surface area contributed by atoms with Crippen LogP contribution >= 0.6 is 0 Å². The SMILES string of the molecule is c1ccc2c(-c3nc(-c4ccc5ncnnc5c4)nc(-c4c5ccccc5cc5ccccc45)n3)c3ccccc3cc2c1.c1ccc2cc3c(-c4nc(-c5ccc6ncnnc6c5)nc(-c5cccc6cc7ccccc7cc56)n4)cccc3cc2c1.c1ccc2cc3cc(-c4nc(-c5ccc6cc7ccccc7cc6c5)nc(-c5ccc6ncnnc6c5)n4)ccc3cc2c1. The molecule has 21 aromatic carbocycles. The second-order valence-electron chi connectivity index (χ2n) is 32.8. The highest BCUT2D eigenvalue weighted by Gasteiger charge is 2.24. The minimum Gasteiger partial charge on any atom is -0.233 e. The quantitative estimate of drug-likeness (QED) is 0.122. The molecule has 0 aliphatic carbocycles. The van der Waals surface area contributed by atoms with Crippen LogP contribution in [0.5, 0.6) is 0 Å². The maximum absolute atomic E-state index is 5.30. The molecule has 0 N–H and O–H groups in total. The van der Waals surface area contributed by atoms with E-state index in [1.165, 1.54) is 72.8 Å². The standard InChI is InChI=1S/3C38H22N6/c1-5-13-28-23(9-1)19-24-10-2-6-14-29(24)34(28)37-41-36(27-17-18-32-33(21-27)44-40-22-39-32)42-38(43-37)35-30-15-7-3-11-25(30)20-26-12-4-8-16-31(26)35;1-3-9-25-19-32-27(17-23(25)7-1)11-5-13-30(32)37-41-36(29-15-16-34-35(21-29)44-40-22-39-34)42-38(43-37)31-14-6-12-28-18-24-8-2-4-10-26(24)20-33(28)31;1-3-7-25-17-32-19-29(11-9-27(32)15-23(25)5-1)36-41-37(43-38(42-36)31-13-14-34-35(21-31)44-40-22-39-34)30-12-10-28-16-24-6-2-4-8-26(24)18-33(28)20-30/h3*1-22H. The van der Waals surface area contributed by atoms with E-state index < -0.39 is 0 Å². The van der Waals surface area contributed by atoms with Gasteiger partial charge in [-0.15, -0.1) is 30.6 Å². The molecule has 0 fully saturated rings. The van der Waals surface area contributed by atoms with Crippen LogP contribution in [0.25, 0.3) is 265 Å². The summed E-state index contributed by atoms with van der Waals surface area (Å²) in [5, 5.41) is 52.3. The van der Waals surface area contributed by atoms with E-state index in [9.17, 15) is 0 Å². The van der Waals surface area contributed by atoms with Gasteiger partial charge in [0, 0.05) is 50.1 Å². The summed E-state index contributed by atoms with van der Waals surface area (Å²) in [5.41, 5.74) is 12.5. The minimum absolute atomic E-state index is 0.562. The van der Waals surface area contributed by atoms with Crippen molar-refractivity contribution in [1.29, 1.82) is 0 Å². The van der Waals surface area contributed by atoms with E-state index in [-0.39, 0.29) is 0 Å². The van der Waals surface area contributed by atoms with Crippen molar-refractivity contribution >= 4 is 162 Å². The first-order valence-electron chi connectivity index (χ1n) is 43.3. The summed E-state index contributed by atoms with van der Waals surface area (Å²) in [6, 6.07) is 132. The summed E-state index contributed by atoms with van der Waals surface area (Å²) in [5.74, 6) is 5.36. The molecule has 0 unspecified atom stereocenters. The molecule has 27 rings (SSSR count). The van der Waals surface area contributed by atoms with E-state index >= 15 is 0 Å². The van der Waals surface area contributed by atoms with Gasteiger partial charge in [0.05, 0.1) is 16.6 Å². The van der Waals surface area contributed by atoms with Gasteiger partial charge in [-0.1, -0.05) is 255 Å². The number of hydrogen-bond acceptors (Lipinski definition) is 18. The van der Waals surface area contributed by atoms with Gasteiger partial charge in [0.2, 0.25) is 0 Å². The van der Waals surface area contributed by atoms with Gasteiger partial charge >= 0.3 is 0 Å². The lowest BCUT2D eigenvalue weighted by atomic mass is 9.95. The Morgan fingerprint density at radius 2 is 0.364 bits per heavy atom. The maximum Gasteiger partial charge on any atom is 0.165 e. The number of fused-ring (bicyclic) bond motifs is 15. The van der Waals surface area contributed by atoms with E-state index in [1.807, 2.05) is 54.6 Å². The summed E-state index contributed by atoms with van der Waals surface area (Å²) < 4.78 is 0. The van der Waals surface area contributed by atoms with Crippen molar-refractivity contribution in [3.05, 3.63) is 401 Å². The molecular weight excluding hydrogens is 1620 g/mol. The molecule has 18 nitrogen and oxygen atoms in total. The van der Waals surface area contributed by atoms with Gasteiger partial charge in [-0.05, 0) is 257 Å². The summed E-state index contributed by atoms with van der Waals surface area (Å²) >= 11 is 0. The van der Waals surface area contributed by atoms with Gasteiger partial charge in [-0.25, -0.2) is 59.8 Å². The van der Waals surface area contributed by atoms with Crippen LogP contribution in [0, 0.1) is 0 Å². The van der Waals surface area contributed by atoms with E-state index in [2.05, 4.69) is 373 Å². The average molecular weight is 1690 g/mol. The predicted molar refractivity (Wildman–Crippen MR) is 531 cm³/mol. The Hall–Kier alpha value is -18.4. The number of benzene rings is 21. The zero-order valence-electron chi connectivity index (χ0n) is 70.2. The molecule has 6 heterocycles. The molecule has 0 saturated carbocycles. The second-order valence-corrected chi connectivity index (χ2v) is 32.8. The number of nitrogens with zero attached hydrogens (tertiary/aromatic N) is 18. The molecule has 0 spiro atoms. The highest BCUT2D eigenvalue weighted by atomic mass is 15.1. The maximum atomic E-state index is 5.30. The van der Waals surface area contributed by atoms with Gasteiger partial charge in [0.1, 0.15) is 35.5 Å². The fraction of sp³-hybridized carbons (Fsp3) is 0. The van der Waals surface area contributed by atoms with Crippen molar-refractivity contribution in [2.24, 2.45) is 0 Å². The van der Waals surface area contributed by atoms with Crippen LogP contribution in [0.15, 0.2) is 401 Å². The van der Waals surface area contributed by atoms with Gasteiger partial charge in [0.25, 0.3) is 0 Å². The molecule has 612 valence electrons. The fourth-order valence-electron chi connectivity index (χ4n) is 18.3. The Kier molecular flexibility index (Phi) is 18.4. The molecule has 0 radical (unpaired) electrons. The van der Waals surface area contributed by atoms with Gasteiger partial charge in [0.15, 0.2) is 52.4 Å². The van der Waals surface area contributed by atoms with Crippen LogP contribution in [-0.4, -0.2) is 90.4 Å². The van der Waals surface area contributed by atoms with Gasteiger partial charge in [-0.2, -0.15) is 0 Å². The van der Waals surface area contributed by atoms with E-state index in [0.717, 1.165) is 142 Å². The van der Waals surface area contributed by atoms with Crippen molar-refractivity contribution in [3.8, 4) is 102 Å². The molecule has 18 heteroatoms. The summed E-state index contributed by atoms with van der Waals surface area (Å²) in [6.07, 6.45) is 4.36. The number of aromatic nitrogens is 18. The normalized spacial score (nSPS) is 11.6. The van der Waals surface area contributed by atoms with Crippen molar-refractivity contribution in [2.75, 3.05) is 0 Å². The minimum atomic E-state index is 0.562. The molecule has 0 amide bonds. The third-order valence-corrected chi connectivity index (χ3v) is 24.7. The summed E-state index contributed by atoms with van der Waals surface area (Å²) in [4.78, 5) is 59.0. The molecule has 0 atom stereocenters. The Labute approximate surface area is 751 Å². The average Bonchev–Trinajstić information content (AvgIpc) is 0.743. The Morgan fingerprint density at radius 3 is 0.705 bits per heavy atom. The van der Waals surface area contributed by atoms with E-state index in [4.69, 9.17) is 44.9 Å². The summed E-state index contributed by atoms with van der Waals surface area (Å²) in [7, 11) is 0. The first kappa shape index (κ1) is 76.1. The predicted octanol–water partition coefficient (Wildman–Crippen LogP) is 26.5. The molecule has 27 aromatic rings. The molecular formula is C114H66N18. The molecule has 0 aliphatic rings. The highest BCUT2D eigenvalue weighted by molar-refractivity contribution is 6.15. The van der Waals surface area contributed by atoms with Crippen LogP contribution in [0.1, 0.15) is 0 Å². The van der Waals surface area contributed by atoms with Gasteiger partial charge < -0.3 is 0 Å². The van der Waals surface area contributed by atoms with Crippen LogP contribution < -0.4 is 0 Å². The first-order valence-corrected chi connectivity index (χ1v) is 43.3. The number of rotatable bonds is 9. The van der Waals surface area contributed by atoms with Crippen LogP contribution in [-0.2, 0) is 0 Å². The second kappa shape index (κ2) is 31.9. The lowest BCUT2D eigenvalue weighted by Crippen LogP contribution is -2.02. The van der Waals surface area contributed by atoms with Crippen LogP contribution in [0.3, 0.4) is 0 Å². The van der Waals surface area contributed by atoms with Crippen molar-refractivity contribution in [3.63, 3.8) is 0 Å². The zero-order valence-corrected chi connectivity index (χ0v) is 70.2. The molecule has 132 heavy (non-hydrogen) atoms. The molecule has 0 aliphatic heterocycles. The Balaban J connectivity index is 0.000000106.